The number of anilines is 1. The van der Waals surface area contributed by atoms with E-state index in [9.17, 15) is 9.59 Å². The summed E-state index contributed by atoms with van der Waals surface area (Å²) in [7, 11) is 0. The number of hydrogen-bond donors (Lipinski definition) is 2. The van der Waals surface area contributed by atoms with Crippen molar-refractivity contribution >= 4 is 35.5 Å². The van der Waals surface area contributed by atoms with Crippen molar-refractivity contribution in [3.8, 4) is 0 Å². The van der Waals surface area contributed by atoms with Gasteiger partial charge in [-0.3, -0.25) is 14.6 Å². The normalized spacial score (nSPS) is 10.9. The lowest BCUT2D eigenvalue weighted by Crippen LogP contribution is -2.17. The van der Waals surface area contributed by atoms with Crippen LogP contribution >= 0.6 is 11.8 Å². The molecule has 0 unspecified atom stereocenters. The summed E-state index contributed by atoms with van der Waals surface area (Å²) < 4.78 is 0. The van der Waals surface area contributed by atoms with Gasteiger partial charge in [0, 0.05) is 5.69 Å². The molecule has 6 nitrogen and oxygen atoms in total. The number of benzene rings is 2. The fourth-order valence-electron chi connectivity index (χ4n) is 2.30. The van der Waals surface area contributed by atoms with E-state index in [-0.39, 0.29) is 22.9 Å². The highest BCUT2D eigenvalue weighted by Gasteiger charge is 2.07. The van der Waals surface area contributed by atoms with Crippen LogP contribution in [0.2, 0.25) is 0 Å². The number of carbonyl (C=O) groups is 1. The van der Waals surface area contributed by atoms with Crippen molar-refractivity contribution in [3.05, 3.63) is 81.8 Å². The molecule has 27 heavy (non-hydrogen) atoms. The first-order valence-electron chi connectivity index (χ1n) is 8.29. The van der Waals surface area contributed by atoms with Crippen LogP contribution < -0.4 is 10.9 Å². The zero-order valence-electron chi connectivity index (χ0n) is 14.7. The largest absolute Gasteiger partial charge is 0.325 e. The first kappa shape index (κ1) is 18.6. The lowest BCUT2D eigenvalue weighted by atomic mass is 10.2. The maximum Gasteiger partial charge on any atom is 0.277 e. The average molecular weight is 378 g/mol. The van der Waals surface area contributed by atoms with Gasteiger partial charge in [-0.15, -0.1) is 10.2 Å². The number of carbonyl (C=O) groups excluding carboxylic acids is 1. The van der Waals surface area contributed by atoms with E-state index in [0.717, 1.165) is 28.6 Å². The van der Waals surface area contributed by atoms with Gasteiger partial charge >= 0.3 is 0 Å². The summed E-state index contributed by atoms with van der Waals surface area (Å²) in [4.78, 5) is 26.8. The molecule has 7 heteroatoms. The van der Waals surface area contributed by atoms with E-state index in [1.807, 2.05) is 61.5 Å². The second kappa shape index (κ2) is 8.95. The number of amides is 1. The van der Waals surface area contributed by atoms with Gasteiger partial charge in [-0.2, -0.15) is 0 Å². The third-order valence-electron chi connectivity index (χ3n) is 3.58. The summed E-state index contributed by atoms with van der Waals surface area (Å²) in [6.45, 7) is 1.96. The Bertz CT molecular complexity index is 1020. The summed E-state index contributed by atoms with van der Waals surface area (Å²) in [5, 5.41) is 11.0. The average Bonchev–Trinajstić information content (AvgIpc) is 2.66. The summed E-state index contributed by atoms with van der Waals surface area (Å²) in [6.07, 6.45) is 3.40. The number of nitrogens with zero attached hydrogens (tertiary/aromatic N) is 2. The molecule has 1 heterocycles. The number of aromatic nitrogens is 3. The molecule has 1 amide bonds. The van der Waals surface area contributed by atoms with E-state index in [1.165, 1.54) is 0 Å². The first-order chi connectivity index (χ1) is 13.1. The highest BCUT2D eigenvalue weighted by molar-refractivity contribution is 7.99. The molecule has 0 saturated heterocycles. The van der Waals surface area contributed by atoms with Crippen LogP contribution in [0.25, 0.3) is 12.2 Å². The Balaban J connectivity index is 1.58. The Morgan fingerprint density at radius 3 is 2.67 bits per heavy atom. The minimum absolute atomic E-state index is 0.123. The molecule has 3 rings (SSSR count). The summed E-state index contributed by atoms with van der Waals surface area (Å²) >= 11 is 1.12. The quantitative estimate of drug-likeness (QED) is 0.642. The van der Waals surface area contributed by atoms with Gasteiger partial charge in [-0.1, -0.05) is 60.3 Å². The molecule has 0 spiro atoms. The first-order valence-corrected chi connectivity index (χ1v) is 9.28. The van der Waals surface area contributed by atoms with E-state index in [4.69, 9.17) is 0 Å². The van der Waals surface area contributed by atoms with Gasteiger partial charge in [0.2, 0.25) is 5.91 Å². The third kappa shape index (κ3) is 5.65. The molecule has 0 radical (unpaired) electrons. The van der Waals surface area contributed by atoms with E-state index < -0.39 is 0 Å². The maximum absolute atomic E-state index is 12.1. The molecule has 0 aliphatic heterocycles. The Morgan fingerprint density at radius 2 is 1.93 bits per heavy atom. The third-order valence-corrected chi connectivity index (χ3v) is 4.44. The van der Waals surface area contributed by atoms with Crippen LogP contribution in [0.15, 0.2) is 64.5 Å². The smallest absolute Gasteiger partial charge is 0.277 e. The van der Waals surface area contributed by atoms with Crippen molar-refractivity contribution in [2.45, 2.75) is 12.1 Å². The molecule has 1 aromatic heterocycles. The molecule has 0 atom stereocenters. The van der Waals surface area contributed by atoms with Crippen LogP contribution in [-0.2, 0) is 4.79 Å². The Kier molecular flexibility index (Phi) is 6.17. The number of thioether (sulfide) groups is 1. The second-order valence-corrected chi connectivity index (χ2v) is 6.76. The molecule has 2 aromatic carbocycles. The van der Waals surface area contributed by atoms with Crippen molar-refractivity contribution in [3.63, 3.8) is 0 Å². The number of aromatic amines is 1. The zero-order valence-corrected chi connectivity index (χ0v) is 15.5. The van der Waals surface area contributed by atoms with Crippen LogP contribution in [0, 0.1) is 6.92 Å². The molecule has 2 N–H and O–H groups in total. The Labute approximate surface area is 160 Å². The fourth-order valence-corrected chi connectivity index (χ4v) is 2.90. The summed E-state index contributed by atoms with van der Waals surface area (Å²) in [6, 6.07) is 17.1. The minimum Gasteiger partial charge on any atom is -0.325 e. The van der Waals surface area contributed by atoms with Crippen LogP contribution in [0.4, 0.5) is 5.69 Å². The number of rotatable bonds is 6. The van der Waals surface area contributed by atoms with Gasteiger partial charge in [0.05, 0.1) is 5.75 Å². The molecule has 3 aromatic rings. The van der Waals surface area contributed by atoms with Crippen molar-refractivity contribution < 1.29 is 4.79 Å². The van der Waals surface area contributed by atoms with Crippen LogP contribution in [-0.4, -0.2) is 26.8 Å². The van der Waals surface area contributed by atoms with E-state index >= 15 is 0 Å². The van der Waals surface area contributed by atoms with E-state index in [0.29, 0.717) is 5.16 Å². The molecule has 136 valence electrons. The number of H-pyrrole nitrogens is 1. The van der Waals surface area contributed by atoms with Crippen molar-refractivity contribution in [2.75, 3.05) is 11.1 Å². The molecule has 0 aliphatic rings. The van der Waals surface area contributed by atoms with E-state index in [1.54, 1.807) is 12.2 Å². The van der Waals surface area contributed by atoms with Gasteiger partial charge in [-0.05, 0) is 36.3 Å². The molecule has 0 saturated carbocycles. The lowest BCUT2D eigenvalue weighted by Gasteiger charge is -2.05. The Morgan fingerprint density at radius 1 is 1.11 bits per heavy atom. The van der Waals surface area contributed by atoms with Gasteiger partial charge in [0.15, 0.2) is 10.9 Å². The van der Waals surface area contributed by atoms with Crippen molar-refractivity contribution in [2.24, 2.45) is 0 Å². The fraction of sp³-hybridized carbons (Fsp3) is 0.100. The molecular formula is C20H18N4O2S. The van der Waals surface area contributed by atoms with Gasteiger partial charge in [-0.25, -0.2) is 0 Å². The number of nitrogens with one attached hydrogen (secondary N) is 2. The van der Waals surface area contributed by atoms with Gasteiger partial charge < -0.3 is 5.32 Å². The van der Waals surface area contributed by atoms with Crippen molar-refractivity contribution in [1.29, 1.82) is 0 Å². The predicted octanol–water partition coefficient (Wildman–Crippen LogP) is 3.37. The molecular weight excluding hydrogens is 360 g/mol. The molecule has 0 aliphatic carbocycles. The standard InChI is InChI=1S/C20H18N4O2S/c1-14-6-5-9-16(12-14)21-18(25)13-27-20-22-19(26)17(23-24-20)11-10-15-7-3-2-4-8-15/h2-12H,13H2,1H3,(H,21,25)(H,22,24,26)/b11-10+. The van der Waals surface area contributed by atoms with Crippen LogP contribution in [0.5, 0.6) is 0 Å². The minimum atomic E-state index is -0.348. The lowest BCUT2D eigenvalue weighted by molar-refractivity contribution is -0.113. The predicted molar refractivity (Wildman–Crippen MR) is 109 cm³/mol. The van der Waals surface area contributed by atoms with E-state index in [2.05, 4.69) is 20.5 Å². The van der Waals surface area contributed by atoms with Crippen LogP contribution in [0.3, 0.4) is 0 Å². The van der Waals surface area contributed by atoms with Crippen LogP contribution in [0.1, 0.15) is 16.8 Å². The van der Waals surface area contributed by atoms with Gasteiger partial charge in [0.1, 0.15) is 0 Å². The van der Waals surface area contributed by atoms with Gasteiger partial charge in [0.25, 0.3) is 5.56 Å². The number of aryl methyl sites for hydroxylation is 1. The SMILES string of the molecule is Cc1cccc(NC(=O)CSc2nnc(/C=C/c3ccccc3)c(=O)[nH]2)c1. The Hall–Kier alpha value is -3.19. The monoisotopic (exact) mass is 378 g/mol. The molecule has 0 fully saturated rings. The molecule has 0 bridgehead atoms. The highest BCUT2D eigenvalue weighted by atomic mass is 32.2. The van der Waals surface area contributed by atoms with Crippen molar-refractivity contribution in [1.82, 2.24) is 15.2 Å². The zero-order chi connectivity index (χ0) is 19.1. The number of hydrogen-bond acceptors (Lipinski definition) is 5. The summed E-state index contributed by atoms with van der Waals surface area (Å²) in [5.74, 6) is -0.0566. The highest BCUT2D eigenvalue weighted by Crippen LogP contribution is 2.13. The summed E-state index contributed by atoms with van der Waals surface area (Å²) in [5.41, 5.74) is 2.63. The maximum atomic E-state index is 12.1. The second-order valence-electron chi connectivity index (χ2n) is 5.79. The topological polar surface area (TPSA) is 87.7 Å².